The summed E-state index contributed by atoms with van der Waals surface area (Å²) >= 11 is 0. The predicted octanol–water partition coefficient (Wildman–Crippen LogP) is 2.27. The Morgan fingerprint density at radius 1 is 1.41 bits per heavy atom. The van der Waals surface area contributed by atoms with Gasteiger partial charge in [-0.3, -0.25) is 4.90 Å². The molecule has 2 rings (SSSR count). The molecule has 1 atom stereocenters. The van der Waals surface area contributed by atoms with Crippen molar-refractivity contribution in [1.82, 2.24) is 4.90 Å². The van der Waals surface area contributed by atoms with E-state index in [2.05, 4.69) is 24.0 Å². The molecule has 3 heteroatoms. The zero-order valence-corrected chi connectivity index (χ0v) is 10.7. The molecular formula is C14H22N2O. The van der Waals surface area contributed by atoms with Crippen molar-refractivity contribution in [3.8, 4) is 0 Å². The summed E-state index contributed by atoms with van der Waals surface area (Å²) in [6.45, 7) is 4.03. The molecule has 1 fully saturated rings. The first-order valence-corrected chi connectivity index (χ1v) is 6.31. The van der Waals surface area contributed by atoms with E-state index in [0.717, 1.165) is 24.8 Å². The number of anilines is 1. The quantitative estimate of drug-likeness (QED) is 0.767. The van der Waals surface area contributed by atoms with Crippen molar-refractivity contribution in [2.24, 2.45) is 0 Å². The van der Waals surface area contributed by atoms with Gasteiger partial charge in [-0.15, -0.1) is 0 Å². The van der Waals surface area contributed by atoms with Gasteiger partial charge in [0.1, 0.15) is 0 Å². The Balaban J connectivity index is 2.00. The molecule has 0 heterocycles. The minimum absolute atomic E-state index is 0.278. The molecule has 94 valence electrons. The molecule has 2 N–H and O–H groups in total. The fraction of sp³-hybridized carbons (Fsp3) is 0.571. The molecule has 0 bridgehead atoms. The van der Waals surface area contributed by atoms with Crippen LogP contribution in [-0.4, -0.2) is 30.7 Å². The molecule has 0 aromatic heterocycles. The molecule has 0 aliphatic heterocycles. The maximum atomic E-state index is 5.99. The van der Waals surface area contributed by atoms with Crippen LogP contribution < -0.4 is 5.73 Å². The van der Waals surface area contributed by atoms with E-state index < -0.39 is 0 Å². The summed E-state index contributed by atoms with van der Waals surface area (Å²) in [5.74, 6) is 0. The molecular weight excluding hydrogens is 212 g/mol. The number of benzene rings is 1. The zero-order chi connectivity index (χ0) is 12.3. The van der Waals surface area contributed by atoms with Crippen molar-refractivity contribution in [3.05, 3.63) is 29.8 Å². The van der Waals surface area contributed by atoms with Crippen molar-refractivity contribution in [2.45, 2.75) is 38.5 Å². The minimum Gasteiger partial charge on any atom is -0.398 e. The van der Waals surface area contributed by atoms with E-state index in [1.807, 2.05) is 12.1 Å². The smallest absolute Gasteiger partial charge is 0.0670 e. The van der Waals surface area contributed by atoms with Gasteiger partial charge >= 0.3 is 0 Å². The summed E-state index contributed by atoms with van der Waals surface area (Å²) < 4.78 is 5.35. The van der Waals surface area contributed by atoms with Gasteiger partial charge in [0.05, 0.1) is 6.10 Å². The highest BCUT2D eigenvalue weighted by molar-refractivity contribution is 5.46. The van der Waals surface area contributed by atoms with Crippen LogP contribution in [0.1, 0.15) is 25.3 Å². The minimum atomic E-state index is 0.278. The summed E-state index contributed by atoms with van der Waals surface area (Å²) in [4.78, 5) is 2.49. The van der Waals surface area contributed by atoms with Crippen LogP contribution in [0.25, 0.3) is 0 Å². The third-order valence-electron chi connectivity index (χ3n) is 3.39. The topological polar surface area (TPSA) is 38.5 Å². The van der Waals surface area contributed by atoms with Gasteiger partial charge in [0.2, 0.25) is 0 Å². The van der Waals surface area contributed by atoms with Gasteiger partial charge in [0.15, 0.2) is 0 Å². The average molecular weight is 234 g/mol. The summed E-state index contributed by atoms with van der Waals surface area (Å²) in [7, 11) is 1.77. The predicted molar refractivity (Wildman–Crippen MR) is 70.8 cm³/mol. The van der Waals surface area contributed by atoms with Crippen molar-refractivity contribution in [3.63, 3.8) is 0 Å². The number of hydrogen-bond acceptors (Lipinski definition) is 3. The molecule has 1 aromatic carbocycles. The van der Waals surface area contributed by atoms with Crippen molar-refractivity contribution in [2.75, 3.05) is 19.4 Å². The van der Waals surface area contributed by atoms with E-state index in [1.165, 1.54) is 18.4 Å². The highest BCUT2D eigenvalue weighted by atomic mass is 16.5. The average Bonchev–Trinajstić information content (AvgIpc) is 3.15. The summed E-state index contributed by atoms with van der Waals surface area (Å²) in [6.07, 6.45) is 2.90. The molecule has 0 radical (unpaired) electrons. The van der Waals surface area contributed by atoms with E-state index in [0.29, 0.717) is 0 Å². The SMILES string of the molecule is COC(C)CN(Cc1ccccc1N)C1CC1. The highest BCUT2D eigenvalue weighted by Gasteiger charge is 2.30. The van der Waals surface area contributed by atoms with Crippen LogP contribution in [0.4, 0.5) is 5.69 Å². The van der Waals surface area contributed by atoms with Gasteiger partial charge < -0.3 is 10.5 Å². The molecule has 1 saturated carbocycles. The number of ether oxygens (including phenoxy) is 1. The Morgan fingerprint density at radius 2 is 2.12 bits per heavy atom. The Kier molecular flexibility index (Phi) is 4.02. The van der Waals surface area contributed by atoms with Gasteiger partial charge in [0.25, 0.3) is 0 Å². The van der Waals surface area contributed by atoms with Crippen molar-refractivity contribution < 1.29 is 4.74 Å². The maximum absolute atomic E-state index is 5.99. The third-order valence-corrected chi connectivity index (χ3v) is 3.39. The summed E-state index contributed by atoms with van der Waals surface area (Å²) in [5, 5.41) is 0. The molecule has 3 nitrogen and oxygen atoms in total. The largest absolute Gasteiger partial charge is 0.398 e. The normalized spacial score (nSPS) is 17.4. The third kappa shape index (κ3) is 3.45. The van der Waals surface area contributed by atoms with Crippen LogP contribution in [0, 0.1) is 0 Å². The lowest BCUT2D eigenvalue weighted by Gasteiger charge is -2.25. The Morgan fingerprint density at radius 3 is 2.71 bits per heavy atom. The molecule has 0 spiro atoms. The Bertz CT molecular complexity index is 363. The molecule has 1 aromatic rings. The number of nitrogens with two attached hydrogens (primary N) is 1. The first-order chi connectivity index (χ1) is 8.20. The molecule has 0 amide bonds. The van der Waals surface area contributed by atoms with E-state index in [1.54, 1.807) is 7.11 Å². The van der Waals surface area contributed by atoms with Crippen LogP contribution in [-0.2, 0) is 11.3 Å². The van der Waals surface area contributed by atoms with Crippen LogP contribution in [0.2, 0.25) is 0 Å². The number of rotatable bonds is 6. The molecule has 17 heavy (non-hydrogen) atoms. The lowest BCUT2D eigenvalue weighted by atomic mass is 10.1. The molecule has 1 aliphatic rings. The fourth-order valence-electron chi connectivity index (χ4n) is 2.08. The van der Waals surface area contributed by atoms with Gasteiger partial charge in [-0.25, -0.2) is 0 Å². The first kappa shape index (κ1) is 12.4. The van der Waals surface area contributed by atoms with E-state index in [-0.39, 0.29) is 6.10 Å². The van der Waals surface area contributed by atoms with Gasteiger partial charge in [-0.1, -0.05) is 18.2 Å². The first-order valence-electron chi connectivity index (χ1n) is 6.31. The van der Waals surface area contributed by atoms with Crippen LogP contribution >= 0.6 is 0 Å². The van der Waals surface area contributed by atoms with Crippen LogP contribution in [0.5, 0.6) is 0 Å². The van der Waals surface area contributed by atoms with Crippen LogP contribution in [0.3, 0.4) is 0 Å². The van der Waals surface area contributed by atoms with Crippen LogP contribution in [0.15, 0.2) is 24.3 Å². The van der Waals surface area contributed by atoms with Crippen molar-refractivity contribution >= 4 is 5.69 Å². The van der Waals surface area contributed by atoms with Gasteiger partial charge in [-0.2, -0.15) is 0 Å². The lowest BCUT2D eigenvalue weighted by molar-refractivity contribution is 0.0712. The lowest BCUT2D eigenvalue weighted by Crippen LogP contribution is -2.33. The molecule has 1 unspecified atom stereocenters. The Labute approximate surface area is 104 Å². The standard InChI is InChI=1S/C14H22N2O/c1-11(17-2)9-16(13-7-8-13)10-12-5-3-4-6-14(12)15/h3-6,11,13H,7-10,15H2,1-2H3. The number of para-hydroxylation sites is 1. The monoisotopic (exact) mass is 234 g/mol. The number of methoxy groups -OCH3 is 1. The van der Waals surface area contributed by atoms with Gasteiger partial charge in [0, 0.05) is 31.9 Å². The second-order valence-corrected chi connectivity index (χ2v) is 4.91. The second-order valence-electron chi connectivity index (χ2n) is 4.91. The zero-order valence-electron chi connectivity index (χ0n) is 10.7. The highest BCUT2D eigenvalue weighted by Crippen LogP contribution is 2.29. The van der Waals surface area contributed by atoms with E-state index in [9.17, 15) is 0 Å². The van der Waals surface area contributed by atoms with Gasteiger partial charge in [-0.05, 0) is 31.4 Å². The van der Waals surface area contributed by atoms with E-state index >= 15 is 0 Å². The number of nitrogen functional groups attached to an aromatic ring is 1. The summed E-state index contributed by atoms with van der Waals surface area (Å²) in [5.41, 5.74) is 8.11. The molecule has 1 aliphatic carbocycles. The second kappa shape index (κ2) is 5.52. The fourth-order valence-corrected chi connectivity index (χ4v) is 2.08. The van der Waals surface area contributed by atoms with E-state index in [4.69, 9.17) is 10.5 Å². The number of nitrogens with zero attached hydrogens (tertiary/aromatic N) is 1. The molecule has 0 saturated heterocycles. The summed E-state index contributed by atoms with van der Waals surface area (Å²) in [6, 6.07) is 8.85. The van der Waals surface area contributed by atoms with Crippen molar-refractivity contribution in [1.29, 1.82) is 0 Å². The Hall–Kier alpha value is -1.06. The maximum Gasteiger partial charge on any atom is 0.0670 e. The number of hydrogen-bond donors (Lipinski definition) is 1.